The van der Waals surface area contributed by atoms with Crippen molar-refractivity contribution in [2.75, 3.05) is 20.3 Å². The Balaban J connectivity index is 4.20. The van der Waals surface area contributed by atoms with Crippen molar-refractivity contribution < 1.29 is 19.1 Å². The Morgan fingerprint density at radius 1 is 1.31 bits per heavy atom. The smallest absolute Gasteiger partial charge is 0.406 e. The van der Waals surface area contributed by atoms with Gasteiger partial charge in [-0.1, -0.05) is 20.3 Å². The number of hydrogen-bond donors (Lipinski definition) is 2. The summed E-state index contributed by atoms with van der Waals surface area (Å²) in [5.74, 6) is 0. The molecule has 0 bridgehead atoms. The Hall–Kier alpha value is -1.46. The Kier molecular flexibility index (Phi) is 6.29. The van der Waals surface area contributed by atoms with Crippen molar-refractivity contribution in [1.82, 2.24) is 5.32 Å². The van der Waals surface area contributed by atoms with Crippen molar-refractivity contribution >= 4 is 12.2 Å². The third-order valence-corrected chi connectivity index (χ3v) is 2.17. The number of rotatable bonds is 6. The van der Waals surface area contributed by atoms with Crippen molar-refractivity contribution in [3.8, 4) is 0 Å². The minimum atomic E-state index is -0.817. The first-order chi connectivity index (χ1) is 7.43. The minimum Gasteiger partial charge on any atom is -0.449 e. The Morgan fingerprint density at radius 3 is 2.31 bits per heavy atom. The summed E-state index contributed by atoms with van der Waals surface area (Å²) in [4.78, 5) is 21.5. The van der Waals surface area contributed by atoms with Crippen LogP contribution in [-0.2, 0) is 9.47 Å². The lowest BCUT2D eigenvalue weighted by molar-refractivity contribution is 0.0344. The van der Waals surface area contributed by atoms with Crippen LogP contribution < -0.4 is 11.1 Å². The van der Waals surface area contributed by atoms with Gasteiger partial charge in [-0.05, 0) is 6.42 Å². The molecule has 3 N–H and O–H groups in total. The van der Waals surface area contributed by atoms with Crippen LogP contribution in [0.5, 0.6) is 0 Å². The average Bonchev–Trinajstić information content (AvgIpc) is 2.24. The second-order valence-electron chi connectivity index (χ2n) is 3.99. The molecule has 6 nitrogen and oxygen atoms in total. The van der Waals surface area contributed by atoms with E-state index in [0.717, 1.165) is 12.8 Å². The highest BCUT2D eigenvalue weighted by Crippen LogP contribution is 2.24. The van der Waals surface area contributed by atoms with Crippen LogP contribution in [-0.4, -0.2) is 32.4 Å². The summed E-state index contributed by atoms with van der Waals surface area (Å²) in [7, 11) is 1.49. The normalized spacial score (nSPS) is 13.7. The van der Waals surface area contributed by atoms with Crippen LogP contribution >= 0.6 is 0 Å². The van der Waals surface area contributed by atoms with Crippen molar-refractivity contribution in [3.05, 3.63) is 0 Å². The zero-order valence-electron chi connectivity index (χ0n) is 10.0. The lowest BCUT2D eigenvalue weighted by atomic mass is 9.87. The fourth-order valence-electron chi connectivity index (χ4n) is 1.35. The Bertz CT molecular complexity index is 245. The van der Waals surface area contributed by atoms with Gasteiger partial charge in [0.05, 0.1) is 0 Å². The van der Waals surface area contributed by atoms with Gasteiger partial charge >= 0.3 is 12.2 Å². The Morgan fingerprint density at radius 2 is 1.88 bits per heavy atom. The number of amides is 2. The van der Waals surface area contributed by atoms with Gasteiger partial charge in [0.25, 0.3) is 0 Å². The van der Waals surface area contributed by atoms with E-state index in [4.69, 9.17) is 15.2 Å². The number of carbonyl (C=O) groups excluding carboxylic acids is 2. The molecule has 0 aromatic heterocycles. The first-order valence-corrected chi connectivity index (χ1v) is 5.20. The van der Waals surface area contributed by atoms with Crippen LogP contribution in [0.15, 0.2) is 0 Å². The van der Waals surface area contributed by atoms with Crippen molar-refractivity contribution in [1.29, 1.82) is 0 Å². The first-order valence-electron chi connectivity index (χ1n) is 5.20. The molecule has 0 fully saturated rings. The maximum Gasteiger partial charge on any atom is 0.406 e. The van der Waals surface area contributed by atoms with Gasteiger partial charge in [0.15, 0.2) is 0 Å². The summed E-state index contributed by atoms with van der Waals surface area (Å²) in [6, 6.07) is 0. The second-order valence-corrected chi connectivity index (χ2v) is 3.99. The standard InChI is InChI=1S/C10H20N2O4/c1-4-5-10(2,6-15-8(11)13)7-16-9(14)12-3/h4-7H2,1-3H3,(H2,11,13)(H,12,14). The number of carbonyl (C=O) groups is 2. The minimum absolute atomic E-state index is 0.146. The second kappa shape index (κ2) is 6.92. The molecule has 0 aromatic carbocycles. The number of hydrogen-bond acceptors (Lipinski definition) is 4. The first kappa shape index (κ1) is 14.5. The fourth-order valence-corrected chi connectivity index (χ4v) is 1.35. The van der Waals surface area contributed by atoms with Gasteiger partial charge in [-0.2, -0.15) is 0 Å². The van der Waals surface area contributed by atoms with E-state index in [1.165, 1.54) is 7.05 Å². The topological polar surface area (TPSA) is 90.7 Å². The third-order valence-electron chi connectivity index (χ3n) is 2.17. The molecule has 0 spiro atoms. The number of ether oxygens (including phenoxy) is 2. The molecule has 94 valence electrons. The molecule has 16 heavy (non-hydrogen) atoms. The molecule has 0 saturated heterocycles. The molecule has 0 aliphatic carbocycles. The monoisotopic (exact) mass is 232 g/mol. The molecule has 0 rings (SSSR count). The number of alkyl carbamates (subject to hydrolysis) is 1. The summed E-state index contributed by atoms with van der Waals surface area (Å²) in [6.07, 6.45) is 0.358. The van der Waals surface area contributed by atoms with Crippen molar-refractivity contribution in [3.63, 3.8) is 0 Å². The summed E-state index contributed by atoms with van der Waals surface area (Å²) in [5, 5.41) is 2.35. The van der Waals surface area contributed by atoms with Crippen LogP contribution in [0.3, 0.4) is 0 Å². The molecule has 1 unspecified atom stereocenters. The average molecular weight is 232 g/mol. The zero-order chi connectivity index (χ0) is 12.6. The molecular weight excluding hydrogens is 212 g/mol. The van der Waals surface area contributed by atoms with E-state index in [-0.39, 0.29) is 13.2 Å². The lowest BCUT2D eigenvalue weighted by Gasteiger charge is -2.27. The molecule has 0 aliphatic heterocycles. The molecular formula is C10H20N2O4. The molecule has 6 heteroatoms. The molecule has 0 aliphatic rings. The van der Waals surface area contributed by atoms with Crippen LogP contribution in [0.25, 0.3) is 0 Å². The van der Waals surface area contributed by atoms with E-state index < -0.39 is 17.6 Å². The highest BCUT2D eigenvalue weighted by Gasteiger charge is 2.27. The summed E-state index contributed by atoms with van der Waals surface area (Å²) < 4.78 is 9.71. The van der Waals surface area contributed by atoms with Gasteiger partial charge in [0.1, 0.15) is 13.2 Å². The van der Waals surface area contributed by atoms with Gasteiger partial charge in [-0.15, -0.1) is 0 Å². The van der Waals surface area contributed by atoms with Gasteiger partial charge < -0.3 is 20.5 Å². The molecule has 0 heterocycles. The molecule has 1 atom stereocenters. The van der Waals surface area contributed by atoms with Crippen LogP contribution in [0.2, 0.25) is 0 Å². The molecule has 0 radical (unpaired) electrons. The van der Waals surface area contributed by atoms with E-state index >= 15 is 0 Å². The predicted molar refractivity (Wildman–Crippen MR) is 59.0 cm³/mol. The lowest BCUT2D eigenvalue weighted by Crippen LogP contribution is -2.34. The summed E-state index contributed by atoms with van der Waals surface area (Å²) >= 11 is 0. The van der Waals surface area contributed by atoms with E-state index in [1.54, 1.807) is 0 Å². The predicted octanol–water partition coefficient (Wildman–Crippen LogP) is 1.24. The molecule has 0 aromatic rings. The van der Waals surface area contributed by atoms with E-state index in [1.807, 2.05) is 13.8 Å². The maximum absolute atomic E-state index is 10.9. The highest BCUT2D eigenvalue weighted by atomic mass is 16.6. The number of nitrogens with two attached hydrogens (primary N) is 1. The third kappa shape index (κ3) is 6.10. The highest BCUT2D eigenvalue weighted by molar-refractivity contribution is 5.66. The molecule has 0 saturated carbocycles. The van der Waals surface area contributed by atoms with Gasteiger partial charge in [0.2, 0.25) is 0 Å². The van der Waals surface area contributed by atoms with Crippen LogP contribution in [0, 0.1) is 5.41 Å². The fraction of sp³-hybridized carbons (Fsp3) is 0.800. The quantitative estimate of drug-likeness (QED) is 0.721. The number of nitrogens with one attached hydrogen (secondary N) is 1. The van der Waals surface area contributed by atoms with Crippen molar-refractivity contribution in [2.24, 2.45) is 11.1 Å². The largest absolute Gasteiger partial charge is 0.449 e. The van der Waals surface area contributed by atoms with Crippen LogP contribution in [0.1, 0.15) is 26.7 Å². The van der Waals surface area contributed by atoms with E-state index in [2.05, 4.69) is 5.32 Å². The molecule has 2 amide bonds. The Labute approximate surface area is 95.5 Å². The van der Waals surface area contributed by atoms with E-state index in [9.17, 15) is 9.59 Å². The van der Waals surface area contributed by atoms with Crippen molar-refractivity contribution in [2.45, 2.75) is 26.7 Å². The summed E-state index contributed by atoms with van der Waals surface area (Å²) in [5.41, 5.74) is 4.50. The number of primary amides is 1. The van der Waals surface area contributed by atoms with Crippen LogP contribution in [0.4, 0.5) is 9.59 Å². The maximum atomic E-state index is 10.9. The SMILES string of the molecule is CCCC(C)(COC(N)=O)COC(=O)NC. The zero-order valence-corrected chi connectivity index (χ0v) is 10.0. The van der Waals surface area contributed by atoms with Gasteiger partial charge in [-0.25, -0.2) is 9.59 Å². The van der Waals surface area contributed by atoms with Gasteiger partial charge in [-0.3, -0.25) is 0 Å². The van der Waals surface area contributed by atoms with E-state index in [0.29, 0.717) is 0 Å². The summed E-state index contributed by atoms with van der Waals surface area (Å²) in [6.45, 7) is 4.21. The van der Waals surface area contributed by atoms with Gasteiger partial charge in [0, 0.05) is 12.5 Å².